The molecule has 15 heavy (non-hydrogen) atoms. The van der Waals surface area contributed by atoms with E-state index in [1.807, 2.05) is 0 Å². The first-order chi connectivity index (χ1) is 7.10. The summed E-state index contributed by atoms with van der Waals surface area (Å²) in [6, 6.07) is 0. The average molecular weight is 212 g/mol. The first-order valence-corrected chi connectivity index (χ1v) is 6.08. The van der Waals surface area contributed by atoms with Gasteiger partial charge in [-0.1, -0.05) is 20.8 Å². The molecular weight excluding hydrogens is 188 g/mol. The van der Waals surface area contributed by atoms with Gasteiger partial charge in [-0.05, 0) is 30.7 Å². The summed E-state index contributed by atoms with van der Waals surface area (Å²) in [4.78, 5) is 11.5. The van der Waals surface area contributed by atoms with E-state index >= 15 is 0 Å². The first kappa shape index (κ1) is 12.5. The largest absolute Gasteiger partial charge is 0.355 e. The van der Waals surface area contributed by atoms with Crippen molar-refractivity contribution in [3.05, 3.63) is 0 Å². The molecule has 1 aliphatic rings. The van der Waals surface area contributed by atoms with Crippen LogP contribution in [0.15, 0.2) is 0 Å². The van der Waals surface area contributed by atoms with Crippen LogP contribution in [0.25, 0.3) is 0 Å². The van der Waals surface area contributed by atoms with Crippen molar-refractivity contribution in [2.45, 2.75) is 40.0 Å². The monoisotopic (exact) mass is 212 g/mol. The maximum atomic E-state index is 11.5. The normalized spacial score (nSPS) is 17.9. The smallest absolute Gasteiger partial charge is 0.221 e. The van der Waals surface area contributed by atoms with E-state index in [-0.39, 0.29) is 5.91 Å². The molecule has 1 saturated carbocycles. The second-order valence-corrected chi connectivity index (χ2v) is 4.90. The van der Waals surface area contributed by atoms with E-state index in [1.54, 1.807) is 0 Å². The lowest BCUT2D eigenvalue weighted by Gasteiger charge is -2.19. The minimum atomic E-state index is 0.183. The Balaban J connectivity index is 2.12. The molecule has 0 saturated heterocycles. The number of hydrogen-bond acceptors (Lipinski definition) is 2. The van der Waals surface area contributed by atoms with E-state index in [2.05, 4.69) is 31.4 Å². The molecule has 0 aromatic heterocycles. The van der Waals surface area contributed by atoms with Crippen molar-refractivity contribution in [2.24, 2.45) is 11.3 Å². The summed E-state index contributed by atoms with van der Waals surface area (Å²) >= 11 is 0. The van der Waals surface area contributed by atoms with Crippen LogP contribution >= 0.6 is 0 Å². The number of carbonyl (C=O) groups is 1. The fraction of sp³-hybridized carbons (Fsp3) is 0.917. The van der Waals surface area contributed by atoms with Crippen molar-refractivity contribution >= 4 is 5.91 Å². The average Bonchev–Trinajstić information content (AvgIpc) is 2.96. The van der Waals surface area contributed by atoms with Crippen molar-refractivity contribution in [3.8, 4) is 0 Å². The van der Waals surface area contributed by atoms with Gasteiger partial charge in [-0.2, -0.15) is 0 Å². The Morgan fingerprint density at radius 2 is 2.07 bits per heavy atom. The molecular formula is C12H24N2O. The fourth-order valence-electron chi connectivity index (χ4n) is 1.86. The zero-order valence-corrected chi connectivity index (χ0v) is 10.2. The van der Waals surface area contributed by atoms with E-state index in [9.17, 15) is 4.79 Å². The molecule has 0 aliphatic heterocycles. The number of nitrogens with one attached hydrogen (secondary N) is 2. The van der Waals surface area contributed by atoms with Gasteiger partial charge in [0.25, 0.3) is 0 Å². The summed E-state index contributed by atoms with van der Waals surface area (Å²) in [7, 11) is 0. The lowest BCUT2D eigenvalue weighted by Crippen LogP contribution is -2.34. The van der Waals surface area contributed by atoms with Gasteiger partial charge in [-0.15, -0.1) is 0 Å². The summed E-state index contributed by atoms with van der Waals surface area (Å²) in [5, 5.41) is 6.20. The van der Waals surface area contributed by atoms with Crippen molar-refractivity contribution in [1.82, 2.24) is 10.6 Å². The van der Waals surface area contributed by atoms with Crippen molar-refractivity contribution < 1.29 is 4.79 Å². The van der Waals surface area contributed by atoms with Crippen LogP contribution < -0.4 is 10.6 Å². The number of hydrogen-bond donors (Lipinski definition) is 2. The summed E-state index contributed by atoms with van der Waals surface area (Å²) in [6.07, 6.45) is 3.15. The minimum absolute atomic E-state index is 0.183. The molecule has 2 N–H and O–H groups in total. The van der Waals surface area contributed by atoms with Gasteiger partial charge in [0.15, 0.2) is 0 Å². The third-order valence-corrected chi connectivity index (χ3v) is 3.53. The van der Waals surface area contributed by atoms with Crippen molar-refractivity contribution in [1.29, 1.82) is 0 Å². The van der Waals surface area contributed by atoms with Gasteiger partial charge >= 0.3 is 0 Å². The highest BCUT2D eigenvalue weighted by Gasteiger charge is 2.45. The topological polar surface area (TPSA) is 41.1 Å². The van der Waals surface area contributed by atoms with Crippen LogP contribution in [0.5, 0.6) is 0 Å². The summed E-state index contributed by atoms with van der Waals surface area (Å²) in [5.74, 6) is 0.870. The van der Waals surface area contributed by atoms with Crippen LogP contribution in [0, 0.1) is 11.3 Å². The van der Waals surface area contributed by atoms with Crippen LogP contribution in [0.3, 0.4) is 0 Å². The Kier molecular flexibility index (Phi) is 4.58. The molecule has 1 fully saturated rings. The minimum Gasteiger partial charge on any atom is -0.355 e. The Bertz CT molecular complexity index is 210. The molecule has 3 heteroatoms. The molecule has 0 spiro atoms. The predicted octanol–water partition coefficient (Wildman–Crippen LogP) is 1.54. The summed E-state index contributed by atoms with van der Waals surface area (Å²) in [6.45, 7) is 9.14. The molecule has 0 aromatic rings. The summed E-state index contributed by atoms with van der Waals surface area (Å²) in [5.41, 5.74) is 0.424. The van der Waals surface area contributed by atoms with Gasteiger partial charge in [0.1, 0.15) is 0 Å². The van der Waals surface area contributed by atoms with Gasteiger partial charge in [-0.3, -0.25) is 4.79 Å². The van der Waals surface area contributed by atoms with Gasteiger partial charge in [-0.25, -0.2) is 0 Å². The highest BCUT2D eigenvalue weighted by molar-refractivity contribution is 5.76. The van der Waals surface area contributed by atoms with Crippen LogP contribution in [-0.2, 0) is 4.79 Å². The molecule has 1 rings (SSSR count). The van der Waals surface area contributed by atoms with Crippen LogP contribution in [0.4, 0.5) is 0 Å². The van der Waals surface area contributed by atoms with Crippen molar-refractivity contribution in [2.75, 3.05) is 19.6 Å². The fourth-order valence-corrected chi connectivity index (χ4v) is 1.86. The highest BCUT2D eigenvalue weighted by Crippen LogP contribution is 2.51. The highest BCUT2D eigenvalue weighted by atomic mass is 16.1. The number of rotatable bonds is 7. The number of amides is 1. The molecule has 88 valence electrons. The van der Waals surface area contributed by atoms with Gasteiger partial charge in [0.05, 0.1) is 0 Å². The van der Waals surface area contributed by atoms with Crippen LogP contribution in [0.2, 0.25) is 0 Å². The third kappa shape index (κ3) is 3.82. The molecule has 0 unspecified atom stereocenters. The quantitative estimate of drug-likeness (QED) is 0.629. The Labute approximate surface area is 93.0 Å². The summed E-state index contributed by atoms with van der Waals surface area (Å²) < 4.78 is 0. The Hall–Kier alpha value is -0.570. The molecule has 3 nitrogen and oxygen atoms in total. The lowest BCUT2D eigenvalue weighted by molar-refractivity contribution is -0.121. The second-order valence-electron chi connectivity index (χ2n) is 4.90. The van der Waals surface area contributed by atoms with Crippen molar-refractivity contribution in [3.63, 3.8) is 0 Å². The van der Waals surface area contributed by atoms with E-state index in [0.29, 0.717) is 17.8 Å². The second kappa shape index (κ2) is 5.50. The van der Waals surface area contributed by atoms with Gasteiger partial charge in [0.2, 0.25) is 5.91 Å². The first-order valence-electron chi connectivity index (χ1n) is 6.08. The molecule has 1 amide bonds. The zero-order chi connectivity index (χ0) is 11.3. The maximum absolute atomic E-state index is 11.5. The molecule has 0 radical (unpaired) electrons. The number of carbonyl (C=O) groups excluding carboxylic acids is 1. The van der Waals surface area contributed by atoms with E-state index in [4.69, 9.17) is 0 Å². The standard InChI is InChI=1S/C12H24N2O/c1-4-13-8-5-11(15)14-9-12(6-7-12)10(2)3/h10,13H,4-9H2,1-3H3,(H,14,15). The van der Waals surface area contributed by atoms with Gasteiger partial charge in [0, 0.05) is 19.5 Å². The molecule has 0 heterocycles. The maximum Gasteiger partial charge on any atom is 0.221 e. The van der Waals surface area contributed by atoms with Crippen LogP contribution in [0.1, 0.15) is 40.0 Å². The molecule has 1 aliphatic carbocycles. The molecule has 0 aromatic carbocycles. The van der Waals surface area contributed by atoms with E-state index in [0.717, 1.165) is 19.6 Å². The SMILES string of the molecule is CCNCCC(=O)NCC1(C(C)C)CC1. The Morgan fingerprint density at radius 3 is 2.53 bits per heavy atom. The predicted molar refractivity (Wildman–Crippen MR) is 62.7 cm³/mol. The lowest BCUT2D eigenvalue weighted by atomic mass is 9.92. The van der Waals surface area contributed by atoms with Crippen LogP contribution in [-0.4, -0.2) is 25.5 Å². The van der Waals surface area contributed by atoms with Gasteiger partial charge < -0.3 is 10.6 Å². The van der Waals surface area contributed by atoms with E-state index in [1.165, 1.54) is 12.8 Å². The third-order valence-electron chi connectivity index (χ3n) is 3.53. The Morgan fingerprint density at radius 1 is 1.40 bits per heavy atom. The molecule has 0 bridgehead atoms. The van der Waals surface area contributed by atoms with E-state index < -0.39 is 0 Å². The zero-order valence-electron chi connectivity index (χ0n) is 10.2. The molecule has 0 atom stereocenters.